The molecular formula is C29H40N4O3. The summed E-state index contributed by atoms with van der Waals surface area (Å²) < 4.78 is 1.63. The van der Waals surface area contributed by atoms with Gasteiger partial charge in [0.05, 0.1) is 6.20 Å². The molecule has 4 rings (SSSR count). The van der Waals surface area contributed by atoms with Crippen LogP contribution in [0.4, 0.5) is 0 Å². The number of carbonyl (C=O) groups excluding carboxylic acids is 1. The van der Waals surface area contributed by atoms with Crippen molar-refractivity contribution in [2.45, 2.75) is 96.9 Å². The minimum atomic E-state index is -0.696. The molecule has 0 aromatic carbocycles. The molecule has 7 nitrogen and oxygen atoms in total. The number of aromatic hydroxyl groups is 1. The summed E-state index contributed by atoms with van der Waals surface area (Å²) in [4.78, 5) is 29.7. The Kier molecular flexibility index (Phi) is 8.94. The fourth-order valence-electron chi connectivity index (χ4n) is 5.83. The molecule has 2 aliphatic rings. The van der Waals surface area contributed by atoms with E-state index in [1.807, 2.05) is 6.20 Å². The first-order valence-corrected chi connectivity index (χ1v) is 13.7. The van der Waals surface area contributed by atoms with E-state index in [1.54, 1.807) is 4.68 Å². The first kappa shape index (κ1) is 26.1. The third-order valence-electron chi connectivity index (χ3n) is 7.87. The molecule has 0 atom stereocenters. The van der Waals surface area contributed by atoms with Crippen molar-refractivity contribution in [1.82, 2.24) is 20.1 Å². The zero-order chi connectivity index (χ0) is 25.4. The van der Waals surface area contributed by atoms with Gasteiger partial charge in [0.1, 0.15) is 0 Å². The highest BCUT2D eigenvalue weighted by atomic mass is 16.3. The van der Waals surface area contributed by atoms with Gasteiger partial charge in [-0.3, -0.25) is 19.3 Å². The van der Waals surface area contributed by atoms with Crippen molar-refractivity contribution in [1.29, 1.82) is 0 Å². The number of amides is 1. The van der Waals surface area contributed by atoms with Crippen LogP contribution in [0.5, 0.6) is 5.75 Å². The van der Waals surface area contributed by atoms with E-state index in [-0.39, 0.29) is 11.1 Å². The molecular weight excluding hydrogens is 452 g/mol. The quantitative estimate of drug-likeness (QED) is 0.518. The number of hydrogen-bond donors (Lipinski definition) is 2. The second kappa shape index (κ2) is 12.3. The molecule has 1 aliphatic carbocycles. The average molecular weight is 493 g/mol. The lowest BCUT2D eigenvalue weighted by Gasteiger charge is -2.29. The molecule has 36 heavy (non-hydrogen) atoms. The van der Waals surface area contributed by atoms with E-state index in [0.717, 1.165) is 76.3 Å². The standard InChI is InChI=1S/C29H40N4O3/c1-22-24-13-7-2-4-8-15-29(16-9-10-17-29)21-33-20-25(34)27(35)26(32-33)28(36)31-18-11-5-3-6-12-23(24)14-19-30-22/h7,13-14,19-20,34H,2-6,8-12,15-18,21H2,1H3,(H,31,36). The van der Waals surface area contributed by atoms with Gasteiger partial charge >= 0.3 is 0 Å². The Hall–Kier alpha value is -2.96. The van der Waals surface area contributed by atoms with Gasteiger partial charge in [-0.05, 0) is 80.9 Å². The Bertz CT molecular complexity index is 1130. The number of pyridine rings is 1. The highest BCUT2D eigenvalue weighted by Crippen LogP contribution is 2.43. The van der Waals surface area contributed by atoms with Gasteiger partial charge in [-0.15, -0.1) is 0 Å². The lowest BCUT2D eigenvalue weighted by molar-refractivity contribution is 0.0941. The molecule has 0 unspecified atom stereocenters. The fourth-order valence-corrected chi connectivity index (χ4v) is 5.83. The number of carbonyl (C=O) groups is 1. The molecule has 2 aromatic heterocycles. The predicted octanol–water partition coefficient (Wildman–Crippen LogP) is 5.33. The zero-order valence-corrected chi connectivity index (χ0v) is 21.6. The number of nitrogens with zero attached hydrogens (tertiary/aromatic N) is 3. The molecule has 3 heterocycles. The monoisotopic (exact) mass is 492 g/mol. The second-order valence-electron chi connectivity index (χ2n) is 10.6. The number of fused-ring (bicyclic) bond motifs is 3. The fraction of sp³-hybridized carbons (Fsp3) is 0.586. The molecule has 1 aliphatic heterocycles. The predicted molar refractivity (Wildman–Crippen MR) is 142 cm³/mol. The normalized spacial score (nSPS) is 19.9. The Balaban J connectivity index is 1.53. The summed E-state index contributed by atoms with van der Waals surface area (Å²) >= 11 is 0. The van der Waals surface area contributed by atoms with Gasteiger partial charge in [0.25, 0.3) is 11.3 Å². The Labute approximate surface area is 214 Å². The summed E-state index contributed by atoms with van der Waals surface area (Å²) in [6.07, 6.45) is 21.8. The van der Waals surface area contributed by atoms with Gasteiger partial charge < -0.3 is 10.4 Å². The van der Waals surface area contributed by atoms with Crippen molar-refractivity contribution < 1.29 is 9.90 Å². The van der Waals surface area contributed by atoms with Gasteiger partial charge in [-0.25, -0.2) is 0 Å². The maximum atomic E-state index is 12.7. The van der Waals surface area contributed by atoms with E-state index >= 15 is 0 Å². The van der Waals surface area contributed by atoms with Crippen LogP contribution in [-0.4, -0.2) is 32.3 Å². The largest absolute Gasteiger partial charge is 0.503 e. The SMILES string of the molecule is Cc1nccc2c1C=CCCCCC1(CCCC1)Cn1cc(O)c(=O)c(n1)C(=O)NCCCCCC2. The smallest absolute Gasteiger partial charge is 0.275 e. The van der Waals surface area contributed by atoms with Crippen molar-refractivity contribution in [3.8, 4) is 5.75 Å². The molecule has 7 heteroatoms. The van der Waals surface area contributed by atoms with Crippen LogP contribution in [0.2, 0.25) is 0 Å². The topological polar surface area (TPSA) is 97.1 Å². The summed E-state index contributed by atoms with van der Waals surface area (Å²) in [5, 5.41) is 17.5. The second-order valence-corrected chi connectivity index (χ2v) is 10.6. The molecule has 0 radical (unpaired) electrons. The third-order valence-corrected chi connectivity index (χ3v) is 7.87. The highest BCUT2D eigenvalue weighted by Gasteiger charge is 2.34. The van der Waals surface area contributed by atoms with Gasteiger partial charge in [0.2, 0.25) is 0 Å². The lowest BCUT2D eigenvalue weighted by atomic mass is 9.81. The molecule has 1 spiro atoms. The van der Waals surface area contributed by atoms with Crippen molar-refractivity contribution in [2.24, 2.45) is 5.41 Å². The molecule has 2 aromatic rings. The molecule has 1 fully saturated rings. The summed E-state index contributed by atoms with van der Waals surface area (Å²) in [6, 6.07) is 2.14. The maximum Gasteiger partial charge on any atom is 0.275 e. The summed E-state index contributed by atoms with van der Waals surface area (Å²) in [6.45, 7) is 3.19. The van der Waals surface area contributed by atoms with E-state index in [1.165, 1.54) is 30.2 Å². The van der Waals surface area contributed by atoms with Gasteiger partial charge in [0.15, 0.2) is 11.4 Å². The van der Waals surface area contributed by atoms with Crippen LogP contribution in [0.25, 0.3) is 6.08 Å². The van der Waals surface area contributed by atoms with E-state index in [9.17, 15) is 14.7 Å². The van der Waals surface area contributed by atoms with E-state index in [2.05, 4.69) is 40.5 Å². The number of aryl methyl sites for hydroxylation is 2. The number of aromatic nitrogens is 3. The number of allylic oxidation sites excluding steroid dienone is 1. The lowest BCUT2D eigenvalue weighted by Crippen LogP contribution is -2.34. The van der Waals surface area contributed by atoms with Gasteiger partial charge in [-0.1, -0.05) is 44.3 Å². The minimum Gasteiger partial charge on any atom is -0.503 e. The minimum absolute atomic E-state index is 0.0951. The Morgan fingerprint density at radius 1 is 1.00 bits per heavy atom. The van der Waals surface area contributed by atoms with E-state index < -0.39 is 17.1 Å². The van der Waals surface area contributed by atoms with Crippen LogP contribution >= 0.6 is 0 Å². The number of hydrogen-bond acceptors (Lipinski definition) is 5. The third kappa shape index (κ3) is 6.62. The van der Waals surface area contributed by atoms with Crippen LogP contribution < -0.4 is 10.7 Å². The maximum absolute atomic E-state index is 12.7. The molecule has 194 valence electrons. The highest BCUT2D eigenvalue weighted by molar-refractivity contribution is 5.92. The number of nitrogens with one attached hydrogen (secondary N) is 1. The van der Waals surface area contributed by atoms with Gasteiger partial charge in [-0.2, -0.15) is 5.10 Å². The summed E-state index contributed by atoms with van der Waals surface area (Å²) in [5.74, 6) is -0.907. The summed E-state index contributed by atoms with van der Waals surface area (Å²) in [7, 11) is 0. The van der Waals surface area contributed by atoms with Crippen LogP contribution in [-0.2, 0) is 13.0 Å². The Morgan fingerprint density at radius 3 is 2.56 bits per heavy atom. The summed E-state index contributed by atoms with van der Waals surface area (Å²) in [5.41, 5.74) is 2.89. The van der Waals surface area contributed by atoms with Crippen molar-refractivity contribution in [2.75, 3.05) is 6.54 Å². The van der Waals surface area contributed by atoms with Crippen LogP contribution in [0.3, 0.4) is 0 Å². The molecule has 0 saturated heterocycles. The van der Waals surface area contributed by atoms with E-state index in [0.29, 0.717) is 13.1 Å². The van der Waals surface area contributed by atoms with Crippen LogP contribution in [0.1, 0.15) is 104 Å². The molecule has 1 amide bonds. The molecule has 2 N–H and O–H groups in total. The van der Waals surface area contributed by atoms with Crippen molar-refractivity contribution in [3.63, 3.8) is 0 Å². The molecule has 1 saturated carbocycles. The van der Waals surface area contributed by atoms with Crippen molar-refractivity contribution >= 4 is 12.0 Å². The number of rotatable bonds is 0. The molecule has 2 bridgehead atoms. The average Bonchev–Trinajstić information content (AvgIpc) is 3.31. The van der Waals surface area contributed by atoms with E-state index in [4.69, 9.17) is 0 Å². The Morgan fingerprint density at radius 2 is 1.75 bits per heavy atom. The van der Waals surface area contributed by atoms with Crippen LogP contribution in [0.15, 0.2) is 29.3 Å². The first-order chi connectivity index (χ1) is 17.5. The zero-order valence-electron chi connectivity index (χ0n) is 21.6. The van der Waals surface area contributed by atoms with Crippen LogP contribution in [0, 0.1) is 12.3 Å². The van der Waals surface area contributed by atoms with Gasteiger partial charge in [0, 0.05) is 25.0 Å². The first-order valence-electron chi connectivity index (χ1n) is 13.7. The van der Waals surface area contributed by atoms with Crippen molar-refractivity contribution in [3.05, 3.63) is 57.3 Å².